The van der Waals surface area contributed by atoms with E-state index in [4.69, 9.17) is 0 Å². The molecule has 76 valence electrons. The molecule has 0 saturated heterocycles. The van der Waals surface area contributed by atoms with Crippen LogP contribution in [0.3, 0.4) is 0 Å². The average molecular weight is 217 g/mol. The van der Waals surface area contributed by atoms with Gasteiger partial charge in [0.15, 0.2) is 0 Å². The fraction of sp³-hybridized carbons (Fsp3) is 0.167. The molecular weight excluding hydrogens is 206 g/mol. The first kappa shape index (κ1) is 10.2. The van der Waals surface area contributed by atoms with Crippen molar-refractivity contribution in [1.29, 1.82) is 0 Å². The zero-order chi connectivity index (χ0) is 10.8. The number of carbonyl (C=O) groups is 1. The zero-order valence-corrected chi connectivity index (χ0v) is 9.47. The molecule has 0 amide bonds. The molecule has 0 bridgehead atoms. The lowest BCUT2D eigenvalue weighted by Gasteiger charge is -2.02. The van der Waals surface area contributed by atoms with Gasteiger partial charge in [-0.15, -0.1) is 0 Å². The first-order valence-corrected chi connectivity index (χ1v) is 5.54. The van der Waals surface area contributed by atoms with Gasteiger partial charge in [-0.3, -0.25) is 4.79 Å². The number of aliphatic imine (C=N–C) groups is 1. The van der Waals surface area contributed by atoms with Crippen molar-refractivity contribution in [3.8, 4) is 0 Å². The molecule has 0 N–H and O–H groups in total. The van der Waals surface area contributed by atoms with Gasteiger partial charge in [-0.1, -0.05) is 30.3 Å². The van der Waals surface area contributed by atoms with Crippen LogP contribution < -0.4 is 0 Å². The molecule has 2 nitrogen and oxygen atoms in total. The third-order valence-corrected chi connectivity index (χ3v) is 3.03. The van der Waals surface area contributed by atoms with Crippen molar-refractivity contribution in [2.24, 2.45) is 4.99 Å². The summed E-state index contributed by atoms with van der Waals surface area (Å²) in [6, 6.07) is 9.86. The molecule has 0 aromatic heterocycles. The normalized spacial score (nSPS) is 19.1. The smallest absolute Gasteiger partial charge is 0.243 e. The van der Waals surface area contributed by atoms with Gasteiger partial charge in [-0.2, -0.15) is 0 Å². The van der Waals surface area contributed by atoms with Crippen molar-refractivity contribution in [3.05, 3.63) is 41.6 Å². The summed E-state index contributed by atoms with van der Waals surface area (Å²) < 4.78 is 0. The van der Waals surface area contributed by atoms with E-state index in [0.29, 0.717) is 5.70 Å². The Bertz CT molecular complexity index is 460. The van der Waals surface area contributed by atoms with Gasteiger partial charge in [0.1, 0.15) is 5.70 Å². The van der Waals surface area contributed by atoms with E-state index in [9.17, 15) is 4.79 Å². The maximum Gasteiger partial charge on any atom is 0.243 e. The maximum atomic E-state index is 11.6. The standard InChI is InChI=1S/C12H11NOS/c1-8(10-6-4-3-5-7-10)11-12(14)15-9(2)13-11/h3-7H,1-2H3. The van der Waals surface area contributed by atoms with E-state index in [2.05, 4.69) is 4.99 Å². The van der Waals surface area contributed by atoms with Crippen molar-refractivity contribution >= 4 is 27.5 Å². The largest absolute Gasteiger partial charge is 0.279 e. The molecule has 2 rings (SSSR count). The average Bonchev–Trinajstić information content (AvgIpc) is 2.58. The van der Waals surface area contributed by atoms with E-state index in [-0.39, 0.29) is 5.12 Å². The van der Waals surface area contributed by atoms with Gasteiger partial charge in [0, 0.05) is 0 Å². The molecule has 0 fully saturated rings. The number of rotatable bonds is 1. The highest BCUT2D eigenvalue weighted by molar-refractivity contribution is 8.27. The third-order valence-electron chi connectivity index (χ3n) is 2.27. The van der Waals surface area contributed by atoms with E-state index in [1.165, 1.54) is 11.8 Å². The molecule has 1 aromatic carbocycles. The fourth-order valence-corrected chi connectivity index (χ4v) is 2.17. The number of nitrogens with zero attached hydrogens (tertiary/aromatic N) is 1. The topological polar surface area (TPSA) is 29.4 Å². The van der Waals surface area contributed by atoms with Crippen LogP contribution in [-0.2, 0) is 4.79 Å². The number of allylic oxidation sites excluding steroid dienone is 1. The predicted molar refractivity (Wildman–Crippen MR) is 64.7 cm³/mol. The second-order valence-corrected chi connectivity index (χ2v) is 4.53. The minimum atomic E-state index is 0.0499. The highest BCUT2D eigenvalue weighted by Crippen LogP contribution is 2.29. The summed E-state index contributed by atoms with van der Waals surface area (Å²) in [5.74, 6) is 0. The summed E-state index contributed by atoms with van der Waals surface area (Å²) in [5, 5.41) is 0.874. The molecule has 3 heteroatoms. The van der Waals surface area contributed by atoms with Gasteiger partial charge in [-0.25, -0.2) is 4.99 Å². The molecule has 15 heavy (non-hydrogen) atoms. The van der Waals surface area contributed by atoms with Crippen LogP contribution in [0.25, 0.3) is 5.57 Å². The van der Waals surface area contributed by atoms with E-state index in [0.717, 1.165) is 16.2 Å². The number of carbonyl (C=O) groups excluding carboxylic acids is 1. The van der Waals surface area contributed by atoms with Crippen molar-refractivity contribution < 1.29 is 4.79 Å². The highest BCUT2D eigenvalue weighted by Gasteiger charge is 2.21. The quantitative estimate of drug-likeness (QED) is 0.676. The molecule has 1 heterocycles. The predicted octanol–water partition coefficient (Wildman–Crippen LogP) is 3.11. The molecule has 0 unspecified atom stereocenters. The van der Waals surface area contributed by atoms with Crippen LogP contribution in [0.15, 0.2) is 41.0 Å². The molecule has 0 atom stereocenters. The van der Waals surface area contributed by atoms with Crippen LogP contribution in [0, 0.1) is 0 Å². The fourth-order valence-electron chi connectivity index (χ4n) is 1.47. The van der Waals surface area contributed by atoms with Gasteiger partial charge >= 0.3 is 0 Å². The summed E-state index contributed by atoms with van der Waals surface area (Å²) in [4.78, 5) is 15.8. The maximum absolute atomic E-state index is 11.6. The van der Waals surface area contributed by atoms with Crippen LogP contribution in [0.4, 0.5) is 0 Å². The summed E-state index contributed by atoms with van der Waals surface area (Å²) in [5.41, 5.74) is 2.59. The Kier molecular flexibility index (Phi) is 2.73. The summed E-state index contributed by atoms with van der Waals surface area (Å²) in [6.45, 7) is 3.79. The Balaban J connectivity index is 2.47. The monoisotopic (exact) mass is 217 g/mol. The van der Waals surface area contributed by atoms with E-state index in [1.807, 2.05) is 44.2 Å². The highest BCUT2D eigenvalue weighted by atomic mass is 32.2. The molecule has 1 aliphatic heterocycles. The summed E-state index contributed by atoms with van der Waals surface area (Å²) >= 11 is 1.20. The van der Waals surface area contributed by atoms with Crippen LogP contribution >= 0.6 is 11.8 Å². The summed E-state index contributed by atoms with van der Waals surface area (Å²) in [6.07, 6.45) is 0. The second-order valence-electron chi connectivity index (χ2n) is 3.36. The van der Waals surface area contributed by atoms with Gasteiger partial charge < -0.3 is 0 Å². The molecule has 0 radical (unpaired) electrons. The van der Waals surface area contributed by atoms with Crippen molar-refractivity contribution in [3.63, 3.8) is 0 Å². The zero-order valence-electron chi connectivity index (χ0n) is 8.65. The Labute approximate surface area is 93.1 Å². The minimum absolute atomic E-state index is 0.0499. The Morgan fingerprint density at radius 3 is 2.47 bits per heavy atom. The lowest BCUT2D eigenvalue weighted by molar-refractivity contribution is -0.107. The number of thioether (sulfide) groups is 1. The third kappa shape index (κ3) is 2.02. The van der Waals surface area contributed by atoms with Gasteiger partial charge in [0.05, 0.1) is 5.04 Å². The van der Waals surface area contributed by atoms with E-state index in [1.54, 1.807) is 0 Å². The first-order chi connectivity index (χ1) is 7.18. The van der Waals surface area contributed by atoms with Gasteiger partial charge in [0.2, 0.25) is 5.12 Å². The van der Waals surface area contributed by atoms with Gasteiger partial charge in [0.25, 0.3) is 0 Å². The van der Waals surface area contributed by atoms with Crippen LogP contribution in [-0.4, -0.2) is 10.2 Å². The Morgan fingerprint density at radius 2 is 1.93 bits per heavy atom. The van der Waals surface area contributed by atoms with Crippen LogP contribution in [0.5, 0.6) is 0 Å². The minimum Gasteiger partial charge on any atom is -0.279 e. The second kappa shape index (κ2) is 4.03. The lowest BCUT2D eigenvalue weighted by Crippen LogP contribution is -1.92. The molecular formula is C12H11NOS. The molecule has 0 spiro atoms. The number of hydrogen-bond acceptors (Lipinski definition) is 3. The Morgan fingerprint density at radius 1 is 1.27 bits per heavy atom. The van der Waals surface area contributed by atoms with E-state index < -0.39 is 0 Å². The summed E-state index contributed by atoms with van der Waals surface area (Å²) in [7, 11) is 0. The molecule has 0 saturated carbocycles. The lowest BCUT2D eigenvalue weighted by atomic mass is 10.1. The van der Waals surface area contributed by atoms with Crippen LogP contribution in [0.2, 0.25) is 0 Å². The van der Waals surface area contributed by atoms with Crippen molar-refractivity contribution in [1.82, 2.24) is 0 Å². The Hall–Kier alpha value is -1.35. The van der Waals surface area contributed by atoms with Crippen molar-refractivity contribution in [2.75, 3.05) is 0 Å². The number of benzene rings is 1. The van der Waals surface area contributed by atoms with E-state index >= 15 is 0 Å². The molecule has 1 aromatic rings. The molecule has 0 aliphatic carbocycles. The SMILES string of the molecule is CC1=NC(=C(C)c2ccccc2)C(=O)S1. The van der Waals surface area contributed by atoms with Crippen LogP contribution in [0.1, 0.15) is 19.4 Å². The number of hydrogen-bond donors (Lipinski definition) is 0. The molecule has 1 aliphatic rings. The van der Waals surface area contributed by atoms with Crippen molar-refractivity contribution in [2.45, 2.75) is 13.8 Å². The first-order valence-electron chi connectivity index (χ1n) is 4.72. The van der Waals surface area contributed by atoms with Gasteiger partial charge in [-0.05, 0) is 36.7 Å².